The topological polar surface area (TPSA) is 70.1 Å². The van der Waals surface area contributed by atoms with Gasteiger partial charge in [-0.15, -0.1) is 6.58 Å². The van der Waals surface area contributed by atoms with E-state index in [0.29, 0.717) is 17.7 Å². The van der Waals surface area contributed by atoms with Crippen molar-refractivity contribution in [3.8, 4) is 5.75 Å². The van der Waals surface area contributed by atoms with Crippen molar-refractivity contribution in [1.82, 2.24) is 9.80 Å². The van der Waals surface area contributed by atoms with Crippen LogP contribution in [0.15, 0.2) is 67.3 Å². The maximum absolute atomic E-state index is 13.2. The smallest absolute Gasteiger partial charge is 0.308 e. The molecule has 0 aromatic heterocycles. The summed E-state index contributed by atoms with van der Waals surface area (Å²) in [5, 5.41) is 11.4. The number of piperidine rings is 1. The lowest BCUT2D eigenvalue weighted by Crippen LogP contribution is -2.61. The first-order chi connectivity index (χ1) is 16.3. The van der Waals surface area contributed by atoms with E-state index in [1.165, 1.54) is 6.92 Å². The molecule has 1 heterocycles. The molecule has 1 N–H and O–H groups in total. The second kappa shape index (κ2) is 10.1. The van der Waals surface area contributed by atoms with Crippen molar-refractivity contribution in [2.45, 2.75) is 43.7 Å². The quantitative estimate of drug-likeness (QED) is 0.403. The summed E-state index contributed by atoms with van der Waals surface area (Å²) in [7, 11) is 1.84. The average molecular weight is 463 g/mol. The number of fused-ring (bicyclic) bond motifs is 1. The van der Waals surface area contributed by atoms with E-state index < -0.39 is 6.10 Å². The van der Waals surface area contributed by atoms with Crippen LogP contribution in [-0.4, -0.2) is 65.6 Å². The van der Waals surface area contributed by atoms with Crippen molar-refractivity contribution in [2.24, 2.45) is 5.92 Å². The van der Waals surface area contributed by atoms with Crippen molar-refractivity contribution >= 4 is 11.9 Å². The zero-order valence-electron chi connectivity index (χ0n) is 20.0. The van der Waals surface area contributed by atoms with E-state index in [9.17, 15) is 14.7 Å². The molecule has 0 bridgehead atoms. The second-order valence-corrected chi connectivity index (χ2v) is 9.63. The van der Waals surface area contributed by atoms with E-state index in [-0.39, 0.29) is 29.3 Å². The first kappa shape index (κ1) is 24.2. The number of aliphatic hydroxyl groups is 1. The molecule has 1 saturated heterocycles. The van der Waals surface area contributed by atoms with E-state index >= 15 is 0 Å². The third-order valence-corrected chi connectivity index (χ3v) is 7.56. The van der Waals surface area contributed by atoms with E-state index in [4.69, 9.17) is 4.74 Å². The lowest BCUT2D eigenvalue weighted by atomic mass is 9.56. The minimum Gasteiger partial charge on any atom is -0.427 e. The predicted molar refractivity (Wildman–Crippen MR) is 132 cm³/mol. The van der Waals surface area contributed by atoms with Gasteiger partial charge < -0.3 is 14.7 Å². The van der Waals surface area contributed by atoms with Gasteiger partial charge in [0.15, 0.2) is 0 Å². The highest BCUT2D eigenvalue weighted by atomic mass is 16.5. The van der Waals surface area contributed by atoms with Crippen molar-refractivity contribution in [3.05, 3.63) is 78.4 Å². The molecule has 4 atom stereocenters. The van der Waals surface area contributed by atoms with Gasteiger partial charge in [0.25, 0.3) is 5.91 Å². The summed E-state index contributed by atoms with van der Waals surface area (Å²) in [5.74, 6) is 0.119. The highest BCUT2D eigenvalue weighted by Crippen LogP contribution is 2.50. The number of rotatable bonds is 6. The Bertz CT molecular complexity index is 1040. The van der Waals surface area contributed by atoms with Crippen LogP contribution in [0, 0.1) is 5.92 Å². The first-order valence-corrected chi connectivity index (χ1v) is 12.0. The molecule has 6 nitrogen and oxygen atoms in total. The van der Waals surface area contributed by atoms with Gasteiger partial charge in [0.05, 0.1) is 6.10 Å². The number of benzene rings is 2. The number of esters is 1. The average Bonchev–Trinajstić information content (AvgIpc) is 2.84. The Balaban J connectivity index is 1.69. The van der Waals surface area contributed by atoms with Crippen LogP contribution in [-0.2, 0) is 10.2 Å². The molecule has 2 fully saturated rings. The van der Waals surface area contributed by atoms with Gasteiger partial charge in [-0.25, -0.2) is 0 Å². The van der Waals surface area contributed by atoms with E-state index in [2.05, 4.69) is 17.5 Å². The largest absolute Gasteiger partial charge is 0.427 e. The van der Waals surface area contributed by atoms with E-state index in [1.54, 1.807) is 11.0 Å². The van der Waals surface area contributed by atoms with E-state index in [0.717, 1.165) is 38.0 Å². The van der Waals surface area contributed by atoms with Gasteiger partial charge in [-0.3, -0.25) is 14.5 Å². The molecule has 1 aliphatic carbocycles. The van der Waals surface area contributed by atoms with Crippen LogP contribution in [0.2, 0.25) is 0 Å². The normalized spacial score (nSPS) is 26.9. The molecule has 0 spiro atoms. The zero-order chi connectivity index (χ0) is 24.3. The molecule has 4 unspecified atom stereocenters. The van der Waals surface area contributed by atoms with Gasteiger partial charge in [-0.2, -0.15) is 0 Å². The monoisotopic (exact) mass is 462 g/mol. The summed E-state index contributed by atoms with van der Waals surface area (Å²) in [6.07, 6.45) is 3.46. The number of aliphatic hydroxyl groups excluding tert-OH is 1. The summed E-state index contributed by atoms with van der Waals surface area (Å²) in [4.78, 5) is 28.9. The van der Waals surface area contributed by atoms with Crippen LogP contribution in [0.5, 0.6) is 5.75 Å². The van der Waals surface area contributed by atoms with Gasteiger partial charge in [-0.05, 0) is 55.6 Å². The number of nitrogens with zero attached hydrogens (tertiary/aromatic N) is 2. The number of hydrogen-bond acceptors (Lipinski definition) is 5. The minimum absolute atomic E-state index is 0.00487. The van der Waals surface area contributed by atoms with Crippen LogP contribution in [0.3, 0.4) is 0 Å². The lowest BCUT2D eigenvalue weighted by Gasteiger charge is -2.56. The minimum atomic E-state index is -0.560. The molecular formula is C28H34N2O4. The molecule has 180 valence electrons. The number of amides is 1. The Hall–Kier alpha value is -2.96. The maximum atomic E-state index is 13.2. The Morgan fingerprint density at radius 2 is 2.00 bits per heavy atom. The molecule has 2 aliphatic rings. The van der Waals surface area contributed by atoms with Crippen LogP contribution < -0.4 is 4.74 Å². The predicted octanol–water partition coefficient (Wildman–Crippen LogP) is 3.65. The molecule has 2 aromatic rings. The van der Waals surface area contributed by atoms with Crippen molar-refractivity contribution in [3.63, 3.8) is 0 Å². The third-order valence-electron chi connectivity index (χ3n) is 7.56. The number of likely N-dealkylation sites (tertiary alicyclic amines) is 1. The van der Waals surface area contributed by atoms with E-state index in [1.807, 2.05) is 55.6 Å². The molecule has 2 aromatic carbocycles. The highest BCUT2D eigenvalue weighted by Gasteiger charge is 2.53. The number of carbonyl (C=O) groups is 2. The Morgan fingerprint density at radius 3 is 2.71 bits per heavy atom. The maximum Gasteiger partial charge on any atom is 0.308 e. The number of carbonyl (C=O) groups excluding carboxylic acids is 2. The number of hydrogen-bond donors (Lipinski definition) is 1. The molecule has 0 radical (unpaired) electrons. The molecule has 4 rings (SSSR count). The van der Waals surface area contributed by atoms with Crippen molar-refractivity contribution in [1.29, 1.82) is 0 Å². The molecule has 34 heavy (non-hydrogen) atoms. The third kappa shape index (κ3) is 4.79. The molecule has 1 saturated carbocycles. The zero-order valence-corrected chi connectivity index (χ0v) is 20.0. The van der Waals surface area contributed by atoms with Crippen LogP contribution in [0.1, 0.15) is 42.1 Å². The fourth-order valence-electron chi connectivity index (χ4n) is 5.88. The number of ether oxygens (including phenoxy) is 1. The first-order valence-electron chi connectivity index (χ1n) is 12.0. The van der Waals surface area contributed by atoms with Gasteiger partial charge in [0.1, 0.15) is 5.75 Å². The fourth-order valence-corrected chi connectivity index (χ4v) is 5.88. The van der Waals surface area contributed by atoms with Gasteiger partial charge in [0, 0.05) is 50.0 Å². The lowest BCUT2D eigenvalue weighted by molar-refractivity contribution is -0.131. The van der Waals surface area contributed by atoms with Crippen LogP contribution in [0.4, 0.5) is 0 Å². The second-order valence-electron chi connectivity index (χ2n) is 9.63. The Morgan fingerprint density at radius 1 is 1.24 bits per heavy atom. The summed E-state index contributed by atoms with van der Waals surface area (Å²) in [6, 6.07) is 16.9. The Kier molecular flexibility index (Phi) is 7.19. The summed E-state index contributed by atoms with van der Waals surface area (Å²) in [5.41, 5.74) is 1.37. The summed E-state index contributed by atoms with van der Waals surface area (Å²) in [6.45, 7) is 7.68. The van der Waals surface area contributed by atoms with Gasteiger partial charge >= 0.3 is 5.97 Å². The van der Waals surface area contributed by atoms with Gasteiger partial charge in [-0.1, -0.05) is 36.4 Å². The standard InChI is InChI=1S/C28H34N2O4/c1-4-14-30-15-13-28(22-11-8-12-24(16-22)34-20(2)31)18-23(17-26(32)25(28)19-30)29(3)27(33)21-9-6-5-7-10-21/h4-12,16,23,25-26,32H,1,13-15,17-19H2,2-3H3. The molecule has 1 amide bonds. The van der Waals surface area contributed by atoms with Crippen LogP contribution >= 0.6 is 0 Å². The van der Waals surface area contributed by atoms with Gasteiger partial charge in [0.2, 0.25) is 0 Å². The SMILES string of the molecule is C=CCN1CCC2(c3cccc(OC(C)=O)c3)CC(N(C)C(=O)c3ccccc3)CC(O)C2C1. The summed E-state index contributed by atoms with van der Waals surface area (Å²) >= 11 is 0. The molecule has 1 aliphatic heterocycles. The highest BCUT2D eigenvalue weighted by molar-refractivity contribution is 5.94. The van der Waals surface area contributed by atoms with Crippen LogP contribution in [0.25, 0.3) is 0 Å². The molecular weight excluding hydrogens is 428 g/mol. The Labute approximate surface area is 201 Å². The van der Waals surface area contributed by atoms with Crippen molar-refractivity contribution in [2.75, 3.05) is 26.7 Å². The summed E-state index contributed by atoms with van der Waals surface area (Å²) < 4.78 is 5.39. The van der Waals surface area contributed by atoms with Crippen molar-refractivity contribution < 1.29 is 19.4 Å². The fraction of sp³-hybridized carbons (Fsp3) is 0.429. The molecule has 6 heteroatoms.